The Bertz CT molecular complexity index is 448. The SMILES string of the molecule is Cc1nc(Br)ccc1NC1CCCCC1C(F)(F)F. The predicted octanol–water partition coefficient (Wildman–Crippen LogP) is 4.69. The van der Waals surface area contributed by atoms with Gasteiger partial charge < -0.3 is 5.32 Å². The van der Waals surface area contributed by atoms with Gasteiger partial charge in [-0.1, -0.05) is 12.8 Å². The van der Waals surface area contributed by atoms with Gasteiger partial charge in [-0.15, -0.1) is 0 Å². The topological polar surface area (TPSA) is 24.9 Å². The Hall–Kier alpha value is -0.780. The Morgan fingerprint density at radius 1 is 1.26 bits per heavy atom. The molecule has 2 nitrogen and oxygen atoms in total. The summed E-state index contributed by atoms with van der Waals surface area (Å²) in [5.41, 5.74) is 1.39. The summed E-state index contributed by atoms with van der Waals surface area (Å²) in [6.07, 6.45) is -1.87. The number of alkyl halides is 3. The van der Waals surface area contributed by atoms with Crippen molar-refractivity contribution in [1.82, 2.24) is 4.98 Å². The lowest BCUT2D eigenvalue weighted by atomic mass is 9.84. The van der Waals surface area contributed by atoms with Crippen LogP contribution in [0.25, 0.3) is 0 Å². The first-order valence-electron chi connectivity index (χ1n) is 6.34. The van der Waals surface area contributed by atoms with E-state index < -0.39 is 18.1 Å². The second-order valence-electron chi connectivity index (χ2n) is 4.95. The summed E-state index contributed by atoms with van der Waals surface area (Å²) < 4.78 is 39.7. The number of anilines is 1. The molecular formula is C13H16BrF3N2. The van der Waals surface area contributed by atoms with Crippen LogP contribution in [0.5, 0.6) is 0 Å². The lowest BCUT2D eigenvalue weighted by Gasteiger charge is -2.34. The third kappa shape index (κ3) is 3.61. The molecule has 1 heterocycles. The number of nitrogens with zero attached hydrogens (tertiary/aromatic N) is 1. The second kappa shape index (κ2) is 5.69. The second-order valence-corrected chi connectivity index (χ2v) is 5.76. The highest BCUT2D eigenvalue weighted by molar-refractivity contribution is 9.10. The number of pyridine rings is 1. The molecule has 1 aliphatic rings. The molecule has 2 rings (SSSR count). The Morgan fingerprint density at radius 2 is 1.95 bits per heavy atom. The average molecular weight is 337 g/mol. The summed E-state index contributed by atoms with van der Waals surface area (Å²) >= 11 is 3.25. The number of rotatable bonds is 2. The van der Waals surface area contributed by atoms with Crippen LogP contribution < -0.4 is 5.32 Å². The molecule has 1 saturated carbocycles. The summed E-state index contributed by atoms with van der Waals surface area (Å²) in [5, 5.41) is 3.03. The molecule has 6 heteroatoms. The molecule has 1 N–H and O–H groups in total. The van der Waals surface area contributed by atoms with Crippen molar-refractivity contribution in [2.24, 2.45) is 5.92 Å². The Labute approximate surface area is 118 Å². The molecule has 0 saturated heterocycles. The van der Waals surface area contributed by atoms with Crippen LogP contribution >= 0.6 is 15.9 Å². The van der Waals surface area contributed by atoms with E-state index >= 15 is 0 Å². The lowest BCUT2D eigenvalue weighted by molar-refractivity contribution is -0.184. The summed E-state index contributed by atoms with van der Waals surface area (Å²) in [6, 6.07) is 2.96. The van der Waals surface area contributed by atoms with E-state index in [1.54, 1.807) is 19.1 Å². The standard InChI is InChI=1S/C13H16BrF3N2/c1-8-10(6-7-12(14)18-8)19-11-5-3-2-4-9(11)13(15,16)17/h6-7,9,11,19H,2-5H2,1H3. The van der Waals surface area contributed by atoms with Gasteiger partial charge in [0.05, 0.1) is 17.3 Å². The van der Waals surface area contributed by atoms with Crippen molar-refractivity contribution >= 4 is 21.6 Å². The number of aryl methyl sites for hydroxylation is 1. The van der Waals surface area contributed by atoms with E-state index in [9.17, 15) is 13.2 Å². The Kier molecular flexibility index (Phi) is 4.38. The minimum atomic E-state index is -4.13. The van der Waals surface area contributed by atoms with E-state index in [2.05, 4.69) is 26.2 Å². The van der Waals surface area contributed by atoms with E-state index in [4.69, 9.17) is 0 Å². The van der Waals surface area contributed by atoms with Crippen LogP contribution in [0.1, 0.15) is 31.4 Å². The molecule has 1 fully saturated rings. The summed E-state index contributed by atoms with van der Waals surface area (Å²) in [7, 11) is 0. The molecule has 106 valence electrons. The Morgan fingerprint density at radius 3 is 2.58 bits per heavy atom. The molecule has 19 heavy (non-hydrogen) atoms. The minimum absolute atomic E-state index is 0.212. The number of hydrogen-bond donors (Lipinski definition) is 1. The van der Waals surface area contributed by atoms with E-state index in [0.29, 0.717) is 28.8 Å². The molecule has 0 radical (unpaired) electrons. The van der Waals surface area contributed by atoms with Crippen molar-refractivity contribution in [2.75, 3.05) is 5.32 Å². The number of halogens is 4. The third-order valence-corrected chi connectivity index (χ3v) is 4.02. The maximum absolute atomic E-state index is 13.0. The summed E-state index contributed by atoms with van der Waals surface area (Å²) in [4.78, 5) is 4.20. The van der Waals surface area contributed by atoms with Gasteiger partial charge in [-0.25, -0.2) is 4.98 Å². The first-order valence-corrected chi connectivity index (χ1v) is 7.13. The highest BCUT2D eigenvalue weighted by Gasteiger charge is 2.45. The quantitative estimate of drug-likeness (QED) is 0.793. The van der Waals surface area contributed by atoms with Gasteiger partial charge in [0.25, 0.3) is 0 Å². The fourth-order valence-corrected chi connectivity index (χ4v) is 2.98. The summed E-state index contributed by atoms with van der Waals surface area (Å²) in [6.45, 7) is 1.79. The predicted molar refractivity (Wildman–Crippen MR) is 72.1 cm³/mol. The highest BCUT2D eigenvalue weighted by Crippen LogP contribution is 2.39. The molecule has 0 spiro atoms. The van der Waals surface area contributed by atoms with E-state index in [1.165, 1.54) is 0 Å². The molecule has 2 unspecified atom stereocenters. The van der Waals surface area contributed by atoms with Crippen molar-refractivity contribution in [3.8, 4) is 0 Å². The van der Waals surface area contributed by atoms with Crippen LogP contribution in [0.3, 0.4) is 0 Å². The zero-order valence-electron chi connectivity index (χ0n) is 10.6. The van der Waals surface area contributed by atoms with Gasteiger partial charge in [-0.3, -0.25) is 0 Å². The Balaban J connectivity index is 2.15. The van der Waals surface area contributed by atoms with Crippen LogP contribution in [0.2, 0.25) is 0 Å². The van der Waals surface area contributed by atoms with Crippen molar-refractivity contribution in [1.29, 1.82) is 0 Å². The number of aromatic nitrogens is 1. The smallest absolute Gasteiger partial charge is 0.380 e. The molecule has 0 aliphatic heterocycles. The molecule has 1 aromatic heterocycles. The molecule has 0 bridgehead atoms. The largest absolute Gasteiger partial charge is 0.393 e. The van der Waals surface area contributed by atoms with Crippen molar-refractivity contribution in [2.45, 2.75) is 44.8 Å². The maximum atomic E-state index is 13.0. The molecule has 0 amide bonds. The van der Waals surface area contributed by atoms with Crippen LogP contribution in [0.4, 0.5) is 18.9 Å². The number of nitrogens with one attached hydrogen (secondary N) is 1. The molecule has 0 aromatic carbocycles. The maximum Gasteiger partial charge on any atom is 0.393 e. The normalized spacial score (nSPS) is 24.3. The zero-order valence-corrected chi connectivity index (χ0v) is 12.2. The van der Waals surface area contributed by atoms with E-state index in [0.717, 1.165) is 6.42 Å². The van der Waals surface area contributed by atoms with E-state index in [-0.39, 0.29) is 6.42 Å². The zero-order chi connectivity index (χ0) is 14.0. The monoisotopic (exact) mass is 336 g/mol. The first-order chi connectivity index (χ1) is 8.88. The first kappa shape index (κ1) is 14.6. The van der Waals surface area contributed by atoms with Gasteiger partial charge in [0.2, 0.25) is 0 Å². The molecular weight excluding hydrogens is 321 g/mol. The van der Waals surface area contributed by atoms with E-state index in [1.807, 2.05) is 0 Å². The lowest BCUT2D eigenvalue weighted by Crippen LogP contribution is -2.41. The van der Waals surface area contributed by atoms with Gasteiger partial charge in [0.15, 0.2) is 0 Å². The average Bonchev–Trinajstić information content (AvgIpc) is 2.32. The van der Waals surface area contributed by atoms with Crippen molar-refractivity contribution < 1.29 is 13.2 Å². The van der Waals surface area contributed by atoms with Gasteiger partial charge in [-0.2, -0.15) is 13.2 Å². The fraction of sp³-hybridized carbons (Fsp3) is 0.615. The van der Waals surface area contributed by atoms with Crippen LogP contribution in [-0.2, 0) is 0 Å². The molecule has 1 aromatic rings. The van der Waals surface area contributed by atoms with Crippen molar-refractivity contribution in [3.63, 3.8) is 0 Å². The molecule has 2 atom stereocenters. The highest BCUT2D eigenvalue weighted by atomic mass is 79.9. The van der Waals surface area contributed by atoms with Gasteiger partial charge in [-0.05, 0) is 47.8 Å². The molecule has 1 aliphatic carbocycles. The van der Waals surface area contributed by atoms with Gasteiger partial charge >= 0.3 is 6.18 Å². The third-order valence-electron chi connectivity index (χ3n) is 3.58. The van der Waals surface area contributed by atoms with Gasteiger partial charge in [0.1, 0.15) is 4.60 Å². The van der Waals surface area contributed by atoms with Crippen molar-refractivity contribution in [3.05, 3.63) is 22.4 Å². The van der Waals surface area contributed by atoms with Gasteiger partial charge in [0, 0.05) is 6.04 Å². The summed E-state index contributed by atoms with van der Waals surface area (Å²) in [5.74, 6) is -1.26. The van der Waals surface area contributed by atoms with Crippen LogP contribution in [0, 0.1) is 12.8 Å². The number of hydrogen-bond acceptors (Lipinski definition) is 2. The minimum Gasteiger partial charge on any atom is -0.380 e. The van der Waals surface area contributed by atoms with Crippen LogP contribution in [-0.4, -0.2) is 17.2 Å². The fourth-order valence-electron chi connectivity index (χ4n) is 2.58. The van der Waals surface area contributed by atoms with Crippen LogP contribution in [0.15, 0.2) is 16.7 Å².